The molecule has 1 fully saturated rings. The lowest BCUT2D eigenvalue weighted by molar-refractivity contribution is -0.198. The predicted octanol–water partition coefficient (Wildman–Crippen LogP) is 4.61. The van der Waals surface area contributed by atoms with Gasteiger partial charge in [-0.15, -0.1) is 0 Å². The third-order valence-corrected chi connectivity index (χ3v) is 4.67. The molecule has 5 nitrogen and oxygen atoms in total. The third-order valence-electron chi connectivity index (χ3n) is 4.18. The van der Waals surface area contributed by atoms with Gasteiger partial charge in [-0.2, -0.15) is 0 Å². The van der Waals surface area contributed by atoms with Gasteiger partial charge in [0.2, 0.25) is 5.79 Å². The summed E-state index contributed by atoms with van der Waals surface area (Å²) in [6.45, 7) is 3.02. The van der Waals surface area contributed by atoms with Crippen molar-refractivity contribution >= 4 is 34.2 Å². The van der Waals surface area contributed by atoms with Crippen LogP contribution < -0.4 is 0 Å². The molecule has 2 atom stereocenters. The number of rotatable bonds is 4. The van der Waals surface area contributed by atoms with Gasteiger partial charge >= 0.3 is 0 Å². The lowest BCUT2D eigenvalue weighted by atomic mass is 10.1. The number of benzene rings is 1. The summed E-state index contributed by atoms with van der Waals surface area (Å²) in [6.07, 6.45) is 6.18. The number of fused-ring (bicyclic) bond motifs is 1. The maximum absolute atomic E-state index is 6.25. The minimum absolute atomic E-state index is 0.0146. The molecule has 0 saturated carbocycles. The number of ether oxygens (including phenoxy) is 2. The summed E-state index contributed by atoms with van der Waals surface area (Å²) in [6, 6.07) is 5.35. The van der Waals surface area contributed by atoms with Crippen molar-refractivity contribution in [1.82, 2.24) is 9.55 Å². The second-order valence-electron chi connectivity index (χ2n) is 5.86. The molecule has 0 radical (unpaired) electrons. The highest BCUT2D eigenvalue weighted by Gasteiger charge is 2.46. The molecule has 0 N–H and O–H groups in total. The van der Waals surface area contributed by atoms with Gasteiger partial charge in [0.05, 0.1) is 30.6 Å². The maximum atomic E-state index is 6.25. The molecule has 7 heteroatoms. The summed E-state index contributed by atoms with van der Waals surface area (Å²) >= 11 is 12.3. The lowest BCUT2D eigenvalue weighted by Gasteiger charge is -2.26. The van der Waals surface area contributed by atoms with E-state index in [0.717, 1.165) is 11.8 Å². The van der Waals surface area contributed by atoms with E-state index in [-0.39, 0.29) is 6.10 Å². The zero-order valence-electron chi connectivity index (χ0n) is 13.0. The molecule has 126 valence electrons. The van der Waals surface area contributed by atoms with Crippen LogP contribution in [-0.2, 0) is 21.8 Å². The Morgan fingerprint density at radius 1 is 1.33 bits per heavy atom. The van der Waals surface area contributed by atoms with Crippen molar-refractivity contribution in [3.63, 3.8) is 0 Å². The predicted molar refractivity (Wildman–Crippen MR) is 91.3 cm³/mol. The molecular formula is C17H16Cl2N2O3. The summed E-state index contributed by atoms with van der Waals surface area (Å²) in [7, 11) is 0. The van der Waals surface area contributed by atoms with E-state index < -0.39 is 5.79 Å². The summed E-state index contributed by atoms with van der Waals surface area (Å²) in [5.74, 6) is -0.428. The molecule has 24 heavy (non-hydrogen) atoms. The second kappa shape index (κ2) is 6.08. The summed E-state index contributed by atoms with van der Waals surface area (Å²) in [5.41, 5.74) is 0.577. The van der Waals surface area contributed by atoms with Crippen LogP contribution in [-0.4, -0.2) is 22.3 Å². The van der Waals surface area contributed by atoms with Gasteiger partial charge in [-0.1, -0.05) is 30.1 Å². The zero-order valence-corrected chi connectivity index (χ0v) is 14.5. The van der Waals surface area contributed by atoms with Crippen molar-refractivity contribution in [3.8, 4) is 0 Å². The molecule has 0 amide bonds. The van der Waals surface area contributed by atoms with Crippen LogP contribution in [0.1, 0.15) is 19.1 Å². The first-order chi connectivity index (χ1) is 11.6. The Kier molecular flexibility index (Phi) is 4.04. The molecule has 1 aliphatic heterocycles. The first-order valence-electron chi connectivity index (χ1n) is 7.76. The Balaban J connectivity index is 1.80. The van der Waals surface area contributed by atoms with Gasteiger partial charge in [0.1, 0.15) is 0 Å². The number of nitrogens with zero attached hydrogens (tertiary/aromatic N) is 2. The standard InChI is InChI=1S/C17H16Cl2N2O3/c1-2-13-8-22-17(24-13,9-21-4-3-20-10-21)15-6-11-5-12(18)7-14(19)16(11)23-15/h3-7,10,13H,2,8-9H2,1H3/t13-,17-/m1/s1. The van der Waals surface area contributed by atoms with Crippen molar-refractivity contribution in [2.75, 3.05) is 6.61 Å². The third kappa shape index (κ3) is 2.71. The topological polar surface area (TPSA) is 49.4 Å². The fraction of sp³-hybridized carbons (Fsp3) is 0.353. The fourth-order valence-electron chi connectivity index (χ4n) is 2.94. The SMILES string of the molecule is CC[C@@H]1CO[C@@](Cn2ccnc2)(c2cc3cc(Cl)cc(Cl)c3o2)O1. The normalized spacial score (nSPS) is 24.0. The Bertz CT molecular complexity index is 862. The van der Waals surface area contributed by atoms with Crippen LogP contribution in [0.3, 0.4) is 0 Å². The largest absolute Gasteiger partial charge is 0.454 e. The molecule has 4 rings (SSSR count). The van der Waals surface area contributed by atoms with Crippen molar-refractivity contribution in [2.45, 2.75) is 31.8 Å². The molecular weight excluding hydrogens is 351 g/mol. The lowest BCUT2D eigenvalue weighted by Crippen LogP contribution is -2.32. The first kappa shape index (κ1) is 16.0. The maximum Gasteiger partial charge on any atom is 0.247 e. The Labute approximate surface area is 149 Å². The van der Waals surface area contributed by atoms with Crippen LogP contribution in [0.4, 0.5) is 0 Å². The molecule has 0 aliphatic carbocycles. The number of furan rings is 1. The van der Waals surface area contributed by atoms with Crippen LogP contribution in [0.2, 0.25) is 10.0 Å². The van der Waals surface area contributed by atoms with Crippen molar-refractivity contribution < 1.29 is 13.9 Å². The Morgan fingerprint density at radius 2 is 2.21 bits per heavy atom. The highest BCUT2D eigenvalue weighted by Crippen LogP contribution is 2.41. The van der Waals surface area contributed by atoms with Crippen molar-refractivity contribution in [2.24, 2.45) is 0 Å². The van der Waals surface area contributed by atoms with E-state index in [4.69, 9.17) is 37.1 Å². The molecule has 1 aromatic carbocycles. The van der Waals surface area contributed by atoms with Crippen LogP contribution in [0.5, 0.6) is 0 Å². The summed E-state index contributed by atoms with van der Waals surface area (Å²) in [5, 5.41) is 1.84. The van der Waals surface area contributed by atoms with E-state index in [0.29, 0.717) is 34.5 Å². The van der Waals surface area contributed by atoms with Crippen LogP contribution >= 0.6 is 23.2 Å². The minimum atomic E-state index is -1.00. The Morgan fingerprint density at radius 3 is 2.92 bits per heavy atom. The number of hydrogen-bond donors (Lipinski definition) is 0. The Hall–Kier alpha value is -1.53. The quantitative estimate of drug-likeness (QED) is 0.676. The monoisotopic (exact) mass is 366 g/mol. The van der Waals surface area contributed by atoms with E-state index in [9.17, 15) is 0 Å². The van der Waals surface area contributed by atoms with E-state index >= 15 is 0 Å². The summed E-state index contributed by atoms with van der Waals surface area (Å²) < 4.78 is 20.2. The molecule has 0 bridgehead atoms. The number of hydrogen-bond acceptors (Lipinski definition) is 4. The molecule has 2 aromatic heterocycles. The first-order valence-corrected chi connectivity index (χ1v) is 8.52. The van der Waals surface area contributed by atoms with Gasteiger partial charge in [0.15, 0.2) is 11.3 Å². The zero-order chi connectivity index (χ0) is 16.7. The van der Waals surface area contributed by atoms with Crippen molar-refractivity contribution in [3.05, 3.63) is 52.7 Å². The number of imidazole rings is 1. The minimum Gasteiger partial charge on any atom is -0.454 e. The smallest absolute Gasteiger partial charge is 0.247 e. The van der Waals surface area contributed by atoms with E-state index in [1.54, 1.807) is 18.6 Å². The molecule has 0 unspecified atom stereocenters. The average Bonchev–Trinajstić information content (AvgIpc) is 3.26. The molecule has 3 aromatic rings. The molecule has 1 saturated heterocycles. The molecule has 1 aliphatic rings. The van der Waals surface area contributed by atoms with Crippen LogP contribution in [0.15, 0.2) is 41.3 Å². The molecule has 0 spiro atoms. The highest BCUT2D eigenvalue weighted by molar-refractivity contribution is 6.38. The summed E-state index contributed by atoms with van der Waals surface area (Å²) in [4.78, 5) is 4.08. The van der Waals surface area contributed by atoms with Gasteiger partial charge in [-0.05, 0) is 24.6 Å². The highest BCUT2D eigenvalue weighted by atomic mass is 35.5. The fourth-order valence-corrected chi connectivity index (χ4v) is 3.49. The second-order valence-corrected chi connectivity index (χ2v) is 6.71. The van der Waals surface area contributed by atoms with Gasteiger partial charge in [-0.3, -0.25) is 0 Å². The van der Waals surface area contributed by atoms with Gasteiger partial charge in [0, 0.05) is 22.8 Å². The van der Waals surface area contributed by atoms with Crippen LogP contribution in [0, 0.1) is 0 Å². The van der Waals surface area contributed by atoms with Crippen LogP contribution in [0.25, 0.3) is 11.0 Å². The van der Waals surface area contributed by atoms with Crippen molar-refractivity contribution in [1.29, 1.82) is 0 Å². The van der Waals surface area contributed by atoms with Gasteiger partial charge < -0.3 is 18.5 Å². The number of aromatic nitrogens is 2. The van der Waals surface area contributed by atoms with Gasteiger partial charge in [-0.25, -0.2) is 4.98 Å². The van der Waals surface area contributed by atoms with E-state index in [1.807, 2.05) is 22.9 Å². The van der Waals surface area contributed by atoms with E-state index in [1.165, 1.54) is 0 Å². The molecule has 3 heterocycles. The average molecular weight is 367 g/mol. The van der Waals surface area contributed by atoms with E-state index in [2.05, 4.69) is 11.9 Å². The number of halogens is 2. The van der Waals surface area contributed by atoms with Gasteiger partial charge in [0.25, 0.3) is 0 Å².